The molecule has 2 aromatic carbocycles. The third-order valence-corrected chi connectivity index (χ3v) is 6.86. The molecule has 2 aliphatic rings. The molecule has 1 aliphatic carbocycles. The summed E-state index contributed by atoms with van der Waals surface area (Å²) in [6, 6.07) is 11.7. The number of aromatic nitrogens is 4. The fourth-order valence-corrected chi connectivity index (χ4v) is 4.88. The number of rotatable bonds is 8. The van der Waals surface area contributed by atoms with E-state index in [2.05, 4.69) is 20.7 Å². The number of tetrazole rings is 1. The van der Waals surface area contributed by atoms with E-state index in [1.807, 2.05) is 6.92 Å². The Bertz CT molecular complexity index is 1260. The maximum Gasteiger partial charge on any atom is 0.251 e. The van der Waals surface area contributed by atoms with Crippen LogP contribution in [0.25, 0.3) is 11.4 Å². The van der Waals surface area contributed by atoms with Crippen LogP contribution < -0.4 is 19.7 Å². The number of carbonyl (C=O) groups excluding carboxylic acids is 2. The van der Waals surface area contributed by atoms with Gasteiger partial charge in [0.25, 0.3) is 5.91 Å². The minimum atomic E-state index is -0.713. The number of fused-ring (bicyclic) bond motifs is 1. The lowest BCUT2D eigenvalue weighted by molar-refractivity contribution is -0.127. The van der Waals surface area contributed by atoms with Gasteiger partial charge in [0, 0.05) is 28.4 Å². The molecular formula is C26H29ClN6O4. The van der Waals surface area contributed by atoms with Gasteiger partial charge in [-0.25, -0.2) is 0 Å². The van der Waals surface area contributed by atoms with Gasteiger partial charge in [-0.3, -0.25) is 14.5 Å². The summed E-state index contributed by atoms with van der Waals surface area (Å²) in [6.07, 6.45) is 4.54. The molecule has 2 amide bonds. The van der Waals surface area contributed by atoms with E-state index in [0.29, 0.717) is 47.7 Å². The Labute approximate surface area is 219 Å². The van der Waals surface area contributed by atoms with Crippen LogP contribution in [0, 0.1) is 0 Å². The van der Waals surface area contributed by atoms with Crippen molar-refractivity contribution >= 4 is 29.1 Å². The van der Waals surface area contributed by atoms with Gasteiger partial charge in [-0.2, -0.15) is 4.80 Å². The van der Waals surface area contributed by atoms with Crippen molar-refractivity contribution in [1.82, 2.24) is 25.5 Å². The molecule has 0 radical (unpaired) electrons. The molecule has 194 valence electrons. The first-order valence-electron chi connectivity index (χ1n) is 12.6. The summed E-state index contributed by atoms with van der Waals surface area (Å²) in [6.45, 7) is 2.58. The molecule has 1 aromatic heterocycles. The van der Waals surface area contributed by atoms with Gasteiger partial charge in [-0.05, 0) is 60.9 Å². The van der Waals surface area contributed by atoms with Gasteiger partial charge >= 0.3 is 0 Å². The summed E-state index contributed by atoms with van der Waals surface area (Å²) >= 11 is 5.97. The zero-order valence-electron chi connectivity index (χ0n) is 20.6. The van der Waals surface area contributed by atoms with Crippen molar-refractivity contribution < 1.29 is 19.1 Å². The lowest BCUT2D eigenvalue weighted by Gasteiger charge is -2.32. The number of benzene rings is 2. The van der Waals surface area contributed by atoms with Crippen LogP contribution in [-0.4, -0.2) is 57.3 Å². The number of anilines is 1. The van der Waals surface area contributed by atoms with Crippen LogP contribution in [0.2, 0.25) is 5.02 Å². The first-order valence-corrected chi connectivity index (χ1v) is 13.0. The first kappa shape index (κ1) is 25.0. The van der Waals surface area contributed by atoms with Crippen molar-refractivity contribution in [3.05, 3.63) is 47.5 Å². The van der Waals surface area contributed by atoms with Gasteiger partial charge in [0.2, 0.25) is 11.7 Å². The van der Waals surface area contributed by atoms with E-state index < -0.39 is 6.04 Å². The third-order valence-electron chi connectivity index (χ3n) is 6.61. The van der Waals surface area contributed by atoms with Crippen LogP contribution in [0.15, 0.2) is 42.5 Å². The van der Waals surface area contributed by atoms with Crippen LogP contribution in [0.1, 0.15) is 39.0 Å². The van der Waals surface area contributed by atoms with Gasteiger partial charge in [-0.15, -0.1) is 10.2 Å². The normalized spacial score (nSPS) is 15.8. The predicted octanol–water partition coefficient (Wildman–Crippen LogP) is 3.64. The molecule has 0 unspecified atom stereocenters. The molecule has 0 spiro atoms. The van der Waals surface area contributed by atoms with Gasteiger partial charge in [0.15, 0.2) is 11.5 Å². The molecule has 11 heteroatoms. The fraction of sp³-hybridized carbons (Fsp3) is 0.423. The molecule has 1 atom stereocenters. The maximum atomic E-state index is 13.7. The lowest BCUT2D eigenvalue weighted by atomic mass is 10.1. The molecular weight excluding hydrogens is 496 g/mol. The molecule has 1 N–H and O–H groups in total. The van der Waals surface area contributed by atoms with E-state index in [1.165, 1.54) is 9.70 Å². The number of nitrogens with zero attached hydrogens (tertiary/aromatic N) is 5. The quantitative estimate of drug-likeness (QED) is 0.479. The van der Waals surface area contributed by atoms with Crippen molar-refractivity contribution in [3.63, 3.8) is 0 Å². The second-order valence-corrected chi connectivity index (χ2v) is 9.59. The average Bonchev–Trinajstić information content (AvgIpc) is 3.59. The van der Waals surface area contributed by atoms with Crippen LogP contribution >= 0.6 is 11.6 Å². The van der Waals surface area contributed by atoms with E-state index in [0.717, 1.165) is 31.2 Å². The second kappa shape index (κ2) is 11.2. The summed E-state index contributed by atoms with van der Waals surface area (Å²) in [5.41, 5.74) is 1.27. The smallest absolute Gasteiger partial charge is 0.251 e. The Kier molecular flexibility index (Phi) is 7.55. The molecule has 1 fully saturated rings. The molecule has 3 aromatic rings. The molecule has 37 heavy (non-hydrogen) atoms. The Morgan fingerprint density at radius 1 is 1.11 bits per heavy atom. The van der Waals surface area contributed by atoms with Gasteiger partial charge in [0.1, 0.15) is 25.8 Å². The van der Waals surface area contributed by atoms with E-state index in [1.54, 1.807) is 42.5 Å². The van der Waals surface area contributed by atoms with Crippen LogP contribution in [-0.2, 0) is 16.1 Å². The Hall–Kier alpha value is -3.66. The monoisotopic (exact) mass is 524 g/mol. The Balaban J connectivity index is 1.42. The van der Waals surface area contributed by atoms with Crippen molar-refractivity contribution in [2.24, 2.45) is 0 Å². The highest BCUT2D eigenvalue weighted by atomic mass is 35.5. The molecule has 1 saturated carbocycles. The van der Waals surface area contributed by atoms with Crippen LogP contribution in [0.3, 0.4) is 0 Å². The first-order chi connectivity index (χ1) is 18.0. The van der Waals surface area contributed by atoms with Gasteiger partial charge < -0.3 is 14.8 Å². The highest BCUT2D eigenvalue weighted by Crippen LogP contribution is 2.35. The number of carbonyl (C=O) groups is 2. The van der Waals surface area contributed by atoms with Crippen molar-refractivity contribution in [2.45, 2.75) is 57.7 Å². The van der Waals surface area contributed by atoms with E-state index >= 15 is 0 Å². The lowest BCUT2D eigenvalue weighted by Crippen LogP contribution is -2.52. The number of halogens is 1. The SMILES string of the molecule is CC[C@H](C(=O)NC1CCCC1)N(C(=O)Cn1nnc(-c2ccc(Cl)cc2)n1)c1ccc2c(c1)OCCO2. The third kappa shape index (κ3) is 5.69. The highest BCUT2D eigenvalue weighted by Gasteiger charge is 2.33. The number of amides is 2. The van der Waals surface area contributed by atoms with Crippen molar-refractivity contribution in [2.75, 3.05) is 18.1 Å². The summed E-state index contributed by atoms with van der Waals surface area (Å²) in [7, 11) is 0. The number of hydrogen-bond acceptors (Lipinski definition) is 7. The second-order valence-electron chi connectivity index (χ2n) is 9.16. The number of hydrogen-bond donors (Lipinski definition) is 1. The van der Waals surface area contributed by atoms with Crippen LogP contribution in [0.5, 0.6) is 11.5 Å². The summed E-state index contributed by atoms with van der Waals surface area (Å²) < 4.78 is 11.4. The Morgan fingerprint density at radius 3 is 2.57 bits per heavy atom. The zero-order valence-corrected chi connectivity index (χ0v) is 21.4. The summed E-state index contributed by atoms with van der Waals surface area (Å²) in [4.78, 5) is 29.9. The largest absolute Gasteiger partial charge is 0.486 e. The molecule has 5 rings (SSSR count). The number of ether oxygens (including phenoxy) is 2. The maximum absolute atomic E-state index is 13.7. The molecule has 10 nitrogen and oxygen atoms in total. The van der Waals surface area contributed by atoms with E-state index in [9.17, 15) is 9.59 Å². The zero-order chi connectivity index (χ0) is 25.8. The predicted molar refractivity (Wildman–Crippen MR) is 138 cm³/mol. The van der Waals surface area contributed by atoms with Crippen LogP contribution in [0.4, 0.5) is 5.69 Å². The Morgan fingerprint density at radius 2 is 1.84 bits per heavy atom. The molecule has 2 heterocycles. The summed E-state index contributed by atoms with van der Waals surface area (Å²) in [5.74, 6) is 1.01. The topological polar surface area (TPSA) is 111 Å². The van der Waals surface area contributed by atoms with Gasteiger partial charge in [0.05, 0.1) is 0 Å². The molecule has 0 bridgehead atoms. The summed E-state index contributed by atoms with van der Waals surface area (Å²) in [5, 5.41) is 16.3. The minimum Gasteiger partial charge on any atom is -0.486 e. The minimum absolute atomic E-state index is 0.137. The van der Waals surface area contributed by atoms with Crippen molar-refractivity contribution in [1.29, 1.82) is 0 Å². The molecule has 0 saturated heterocycles. The molecule has 1 aliphatic heterocycles. The number of nitrogens with one attached hydrogen (secondary N) is 1. The van der Waals surface area contributed by atoms with Crippen molar-refractivity contribution in [3.8, 4) is 22.9 Å². The average molecular weight is 525 g/mol. The van der Waals surface area contributed by atoms with E-state index in [-0.39, 0.29) is 24.4 Å². The van der Waals surface area contributed by atoms with Gasteiger partial charge in [-0.1, -0.05) is 31.4 Å². The highest BCUT2D eigenvalue weighted by molar-refractivity contribution is 6.30. The standard InChI is InChI=1S/C26H29ClN6O4/c1-2-21(26(35)28-19-5-3-4-6-19)33(20-11-12-22-23(15-20)37-14-13-36-22)24(34)16-32-30-25(29-31-32)17-7-9-18(27)10-8-17/h7-12,15,19,21H,2-6,13-14,16H2,1H3,(H,28,35)/t21-/m1/s1. The fourth-order valence-electron chi connectivity index (χ4n) is 4.75. The van der Waals surface area contributed by atoms with E-state index in [4.69, 9.17) is 21.1 Å².